The zero-order chi connectivity index (χ0) is 22.5. The molecule has 0 saturated carbocycles. The standard InChI is InChI=1S/C24H19N3O4S/c1-30-19-7-4-6-16(13-19)22(28)27-24(32)26-18-11-9-17(10-12-18)25-23(29)21-14-15-5-2-3-8-20(15)31-21/h2-14H,1H3,(H,25,29)(H2,26,27,28,32). The minimum absolute atomic E-state index is 0.150. The van der Waals surface area contributed by atoms with E-state index < -0.39 is 0 Å². The quantitative estimate of drug-likeness (QED) is 0.382. The van der Waals surface area contributed by atoms with E-state index in [2.05, 4.69) is 16.0 Å². The first kappa shape index (κ1) is 21.1. The highest BCUT2D eigenvalue weighted by Gasteiger charge is 2.13. The Kier molecular flexibility index (Phi) is 6.14. The van der Waals surface area contributed by atoms with Gasteiger partial charge in [0.1, 0.15) is 11.3 Å². The largest absolute Gasteiger partial charge is 0.497 e. The maximum absolute atomic E-state index is 12.5. The van der Waals surface area contributed by atoms with Crippen molar-refractivity contribution < 1.29 is 18.7 Å². The molecule has 3 aromatic carbocycles. The average molecular weight is 446 g/mol. The first-order chi connectivity index (χ1) is 15.5. The Bertz CT molecular complexity index is 1270. The van der Waals surface area contributed by atoms with Crippen molar-refractivity contribution in [2.75, 3.05) is 17.7 Å². The number of hydrogen-bond donors (Lipinski definition) is 3. The predicted octanol–water partition coefficient (Wildman–Crippen LogP) is 4.82. The van der Waals surface area contributed by atoms with Crippen LogP contribution in [-0.4, -0.2) is 24.0 Å². The van der Waals surface area contributed by atoms with E-state index in [9.17, 15) is 9.59 Å². The van der Waals surface area contributed by atoms with Crippen LogP contribution in [0.25, 0.3) is 11.0 Å². The van der Waals surface area contributed by atoms with Gasteiger partial charge >= 0.3 is 0 Å². The van der Waals surface area contributed by atoms with E-state index >= 15 is 0 Å². The lowest BCUT2D eigenvalue weighted by Crippen LogP contribution is -2.34. The smallest absolute Gasteiger partial charge is 0.291 e. The minimum Gasteiger partial charge on any atom is -0.497 e. The van der Waals surface area contributed by atoms with Gasteiger partial charge in [-0.2, -0.15) is 0 Å². The van der Waals surface area contributed by atoms with E-state index in [1.165, 1.54) is 7.11 Å². The second-order valence-electron chi connectivity index (χ2n) is 6.82. The number of rotatable bonds is 5. The number of methoxy groups -OCH3 is 1. The molecule has 160 valence electrons. The fourth-order valence-corrected chi connectivity index (χ4v) is 3.24. The Morgan fingerprint density at radius 3 is 2.28 bits per heavy atom. The highest BCUT2D eigenvalue weighted by Crippen LogP contribution is 2.20. The lowest BCUT2D eigenvalue weighted by atomic mass is 10.2. The molecule has 7 nitrogen and oxygen atoms in total. The molecule has 0 aliphatic carbocycles. The molecule has 4 aromatic rings. The number of benzene rings is 3. The number of anilines is 2. The molecule has 32 heavy (non-hydrogen) atoms. The van der Waals surface area contributed by atoms with Crippen molar-refractivity contribution >= 4 is 51.5 Å². The van der Waals surface area contributed by atoms with Crippen molar-refractivity contribution in [2.24, 2.45) is 0 Å². The van der Waals surface area contributed by atoms with E-state index in [4.69, 9.17) is 21.4 Å². The Hall–Kier alpha value is -4.17. The molecule has 0 aliphatic heterocycles. The normalized spacial score (nSPS) is 10.4. The van der Waals surface area contributed by atoms with E-state index in [1.807, 2.05) is 24.3 Å². The fourth-order valence-electron chi connectivity index (χ4n) is 3.03. The summed E-state index contributed by atoms with van der Waals surface area (Å²) in [5.41, 5.74) is 2.33. The summed E-state index contributed by atoms with van der Waals surface area (Å²) in [4.78, 5) is 24.8. The van der Waals surface area contributed by atoms with E-state index in [1.54, 1.807) is 54.6 Å². The fraction of sp³-hybridized carbons (Fsp3) is 0.0417. The zero-order valence-corrected chi connectivity index (χ0v) is 17.9. The molecule has 0 unspecified atom stereocenters. The molecular weight excluding hydrogens is 426 g/mol. The summed E-state index contributed by atoms with van der Waals surface area (Å²) in [7, 11) is 1.53. The first-order valence-electron chi connectivity index (χ1n) is 9.68. The van der Waals surface area contributed by atoms with Gasteiger partial charge in [0.25, 0.3) is 11.8 Å². The van der Waals surface area contributed by atoms with Gasteiger partial charge in [0.2, 0.25) is 0 Å². The molecule has 0 fully saturated rings. The SMILES string of the molecule is COc1cccc(C(=O)NC(=S)Nc2ccc(NC(=O)c3cc4ccccc4o3)cc2)c1. The van der Waals surface area contributed by atoms with Gasteiger partial charge in [0.05, 0.1) is 7.11 Å². The second-order valence-corrected chi connectivity index (χ2v) is 7.23. The molecule has 1 heterocycles. The Morgan fingerprint density at radius 2 is 1.56 bits per heavy atom. The number of para-hydroxylation sites is 1. The van der Waals surface area contributed by atoms with Gasteiger partial charge in [-0.15, -0.1) is 0 Å². The molecule has 0 atom stereocenters. The third-order valence-electron chi connectivity index (χ3n) is 4.61. The highest BCUT2D eigenvalue weighted by atomic mass is 32.1. The van der Waals surface area contributed by atoms with Crippen molar-refractivity contribution in [3.63, 3.8) is 0 Å². The molecule has 4 rings (SSSR count). The molecule has 0 radical (unpaired) electrons. The lowest BCUT2D eigenvalue weighted by Gasteiger charge is -2.11. The van der Waals surface area contributed by atoms with Crippen molar-refractivity contribution in [3.05, 3.63) is 90.2 Å². The number of amides is 2. The van der Waals surface area contributed by atoms with Crippen LogP contribution in [-0.2, 0) is 0 Å². The number of nitrogens with one attached hydrogen (secondary N) is 3. The average Bonchev–Trinajstić information content (AvgIpc) is 3.25. The molecule has 1 aromatic heterocycles. The molecule has 0 aliphatic rings. The number of thiocarbonyl (C=S) groups is 1. The Balaban J connectivity index is 1.34. The van der Waals surface area contributed by atoms with Gasteiger partial charge in [-0.3, -0.25) is 14.9 Å². The van der Waals surface area contributed by atoms with E-state index in [0.29, 0.717) is 28.3 Å². The minimum atomic E-state index is -0.351. The van der Waals surface area contributed by atoms with Crippen LogP contribution in [0.5, 0.6) is 5.75 Å². The Labute approximate surface area is 189 Å². The van der Waals surface area contributed by atoms with Crippen LogP contribution in [0.1, 0.15) is 20.9 Å². The molecule has 0 bridgehead atoms. The summed E-state index contributed by atoms with van der Waals surface area (Å²) in [6.45, 7) is 0. The predicted molar refractivity (Wildman–Crippen MR) is 127 cm³/mol. The van der Waals surface area contributed by atoms with Gasteiger partial charge in [0.15, 0.2) is 10.9 Å². The van der Waals surface area contributed by atoms with Gasteiger partial charge in [-0.05, 0) is 66.8 Å². The number of furan rings is 1. The van der Waals surface area contributed by atoms with Crippen LogP contribution >= 0.6 is 12.2 Å². The second kappa shape index (κ2) is 9.32. The van der Waals surface area contributed by atoms with Crippen LogP contribution in [0.2, 0.25) is 0 Å². The van der Waals surface area contributed by atoms with Gasteiger partial charge in [-0.25, -0.2) is 0 Å². The van der Waals surface area contributed by atoms with Crippen LogP contribution in [0.15, 0.2) is 83.3 Å². The number of hydrogen-bond acceptors (Lipinski definition) is 5. The van der Waals surface area contributed by atoms with E-state index in [0.717, 1.165) is 5.39 Å². The summed E-state index contributed by atoms with van der Waals surface area (Å²) in [6, 6.07) is 22.8. The van der Waals surface area contributed by atoms with Crippen LogP contribution in [0.3, 0.4) is 0 Å². The zero-order valence-electron chi connectivity index (χ0n) is 17.0. The molecule has 2 amide bonds. The summed E-state index contributed by atoms with van der Waals surface area (Å²) in [5, 5.41) is 9.36. The van der Waals surface area contributed by atoms with E-state index in [-0.39, 0.29) is 22.7 Å². The summed E-state index contributed by atoms with van der Waals surface area (Å²) in [6.07, 6.45) is 0. The topological polar surface area (TPSA) is 92.6 Å². The summed E-state index contributed by atoms with van der Waals surface area (Å²) >= 11 is 5.22. The number of fused-ring (bicyclic) bond motifs is 1. The number of carbonyl (C=O) groups is 2. The molecule has 8 heteroatoms. The third kappa shape index (κ3) is 4.93. The third-order valence-corrected chi connectivity index (χ3v) is 4.81. The van der Waals surface area contributed by atoms with Crippen LogP contribution in [0.4, 0.5) is 11.4 Å². The van der Waals surface area contributed by atoms with Crippen molar-refractivity contribution in [1.82, 2.24) is 5.32 Å². The van der Waals surface area contributed by atoms with Crippen LogP contribution in [0, 0.1) is 0 Å². The lowest BCUT2D eigenvalue weighted by molar-refractivity contribution is 0.0975. The number of ether oxygens (including phenoxy) is 1. The van der Waals surface area contributed by atoms with Gasteiger partial charge < -0.3 is 19.8 Å². The highest BCUT2D eigenvalue weighted by molar-refractivity contribution is 7.80. The van der Waals surface area contributed by atoms with Crippen molar-refractivity contribution in [1.29, 1.82) is 0 Å². The summed E-state index contributed by atoms with van der Waals surface area (Å²) in [5.74, 6) is 0.116. The first-order valence-corrected chi connectivity index (χ1v) is 10.1. The molecule has 0 saturated heterocycles. The maximum Gasteiger partial charge on any atom is 0.291 e. The molecule has 0 spiro atoms. The van der Waals surface area contributed by atoms with Gasteiger partial charge in [0, 0.05) is 22.3 Å². The monoisotopic (exact) mass is 445 g/mol. The Morgan fingerprint density at radius 1 is 0.844 bits per heavy atom. The van der Waals surface area contributed by atoms with Crippen molar-refractivity contribution in [3.8, 4) is 5.75 Å². The van der Waals surface area contributed by atoms with Crippen LogP contribution < -0.4 is 20.7 Å². The maximum atomic E-state index is 12.5. The number of carbonyl (C=O) groups excluding carboxylic acids is 2. The molecular formula is C24H19N3O4S. The van der Waals surface area contributed by atoms with Crippen molar-refractivity contribution in [2.45, 2.75) is 0 Å². The van der Waals surface area contributed by atoms with Gasteiger partial charge in [-0.1, -0.05) is 24.3 Å². The molecule has 3 N–H and O–H groups in total. The summed E-state index contributed by atoms with van der Waals surface area (Å²) < 4.78 is 10.7.